The summed E-state index contributed by atoms with van der Waals surface area (Å²) in [7, 11) is 2.00. The zero-order valence-electron chi connectivity index (χ0n) is 9.69. The molecule has 2 rings (SSSR count). The molecule has 0 radical (unpaired) electrons. The molecular weight excluding hydrogens is 235 g/mol. The largest absolute Gasteiger partial charge is 0.369 e. The molecule has 1 heterocycles. The second-order valence-electron chi connectivity index (χ2n) is 3.90. The van der Waals surface area contributed by atoms with Gasteiger partial charge in [-0.25, -0.2) is 4.39 Å². The summed E-state index contributed by atoms with van der Waals surface area (Å²) in [6, 6.07) is 10.7. The summed E-state index contributed by atoms with van der Waals surface area (Å²) in [6.07, 6.45) is 0. The van der Waals surface area contributed by atoms with Crippen molar-refractivity contribution < 1.29 is 4.39 Å². The van der Waals surface area contributed by atoms with E-state index in [-0.39, 0.29) is 5.82 Å². The summed E-state index contributed by atoms with van der Waals surface area (Å²) in [5.41, 5.74) is 6.59. The molecule has 1 aromatic carbocycles. The first-order valence-corrected chi connectivity index (χ1v) is 6.25. The van der Waals surface area contributed by atoms with Crippen molar-refractivity contribution in [2.45, 2.75) is 13.1 Å². The maximum atomic E-state index is 12.8. The Kier molecular flexibility index (Phi) is 3.76. The van der Waals surface area contributed by atoms with Gasteiger partial charge in [0.15, 0.2) is 0 Å². The van der Waals surface area contributed by atoms with Crippen molar-refractivity contribution in [3.8, 4) is 0 Å². The fraction of sp³-hybridized carbons (Fsp3) is 0.231. The highest BCUT2D eigenvalue weighted by atomic mass is 32.1. The fourth-order valence-electron chi connectivity index (χ4n) is 1.64. The maximum absolute atomic E-state index is 12.8. The van der Waals surface area contributed by atoms with Crippen LogP contribution in [-0.4, -0.2) is 7.05 Å². The smallest absolute Gasteiger partial charge is 0.123 e. The minimum absolute atomic E-state index is 0.205. The molecule has 2 N–H and O–H groups in total. The Morgan fingerprint density at radius 3 is 2.35 bits per heavy atom. The lowest BCUT2D eigenvalue weighted by Crippen LogP contribution is -2.15. The van der Waals surface area contributed by atoms with Gasteiger partial charge in [0, 0.05) is 29.0 Å². The van der Waals surface area contributed by atoms with Crippen LogP contribution in [0.15, 0.2) is 36.4 Å². The van der Waals surface area contributed by atoms with Gasteiger partial charge in [0.05, 0.1) is 6.54 Å². The fourth-order valence-corrected chi connectivity index (χ4v) is 2.59. The van der Waals surface area contributed by atoms with E-state index in [1.807, 2.05) is 7.05 Å². The van der Waals surface area contributed by atoms with Crippen LogP contribution in [0.2, 0.25) is 0 Å². The molecule has 0 bridgehead atoms. The summed E-state index contributed by atoms with van der Waals surface area (Å²) in [5.74, 6) is -0.205. The summed E-state index contributed by atoms with van der Waals surface area (Å²) >= 11 is 1.72. The van der Waals surface area contributed by atoms with E-state index in [9.17, 15) is 4.39 Å². The Bertz CT molecular complexity index is 478. The van der Waals surface area contributed by atoms with Crippen molar-refractivity contribution in [3.05, 3.63) is 52.0 Å². The van der Waals surface area contributed by atoms with Gasteiger partial charge >= 0.3 is 0 Å². The number of thiophene rings is 1. The van der Waals surface area contributed by atoms with Crippen LogP contribution in [0.4, 0.5) is 10.1 Å². The first kappa shape index (κ1) is 12.1. The first-order chi connectivity index (χ1) is 8.19. The van der Waals surface area contributed by atoms with E-state index in [1.165, 1.54) is 21.9 Å². The van der Waals surface area contributed by atoms with Gasteiger partial charge in [-0.2, -0.15) is 0 Å². The second kappa shape index (κ2) is 5.29. The molecule has 0 spiro atoms. The number of nitrogens with zero attached hydrogens (tertiary/aromatic N) is 1. The Morgan fingerprint density at radius 1 is 1.12 bits per heavy atom. The number of rotatable bonds is 4. The quantitative estimate of drug-likeness (QED) is 0.904. The Labute approximate surface area is 104 Å². The van der Waals surface area contributed by atoms with Gasteiger partial charge in [0.1, 0.15) is 5.82 Å². The third-order valence-electron chi connectivity index (χ3n) is 2.58. The number of hydrogen-bond donors (Lipinski definition) is 1. The monoisotopic (exact) mass is 250 g/mol. The van der Waals surface area contributed by atoms with Crippen LogP contribution in [0.3, 0.4) is 0 Å². The van der Waals surface area contributed by atoms with Crippen LogP contribution in [0.25, 0.3) is 0 Å². The molecule has 0 saturated carbocycles. The average Bonchev–Trinajstić information content (AvgIpc) is 2.77. The van der Waals surface area contributed by atoms with Crippen molar-refractivity contribution in [3.63, 3.8) is 0 Å². The van der Waals surface area contributed by atoms with Crippen molar-refractivity contribution >= 4 is 17.0 Å². The molecule has 0 fully saturated rings. The number of nitrogens with two attached hydrogens (primary N) is 1. The molecule has 0 aliphatic rings. The van der Waals surface area contributed by atoms with Crippen LogP contribution in [0.5, 0.6) is 0 Å². The Morgan fingerprint density at radius 2 is 1.76 bits per heavy atom. The predicted molar refractivity (Wildman–Crippen MR) is 70.7 cm³/mol. The Hall–Kier alpha value is -1.39. The van der Waals surface area contributed by atoms with Gasteiger partial charge in [0.25, 0.3) is 0 Å². The number of anilines is 1. The van der Waals surface area contributed by atoms with Crippen LogP contribution in [-0.2, 0) is 13.1 Å². The van der Waals surface area contributed by atoms with E-state index in [4.69, 9.17) is 5.73 Å². The zero-order chi connectivity index (χ0) is 12.3. The number of halogens is 1. The van der Waals surface area contributed by atoms with Gasteiger partial charge < -0.3 is 10.6 Å². The van der Waals surface area contributed by atoms with Crippen LogP contribution >= 0.6 is 11.3 Å². The molecule has 2 aromatic rings. The highest BCUT2D eigenvalue weighted by Crippen LogP contribution is 2.21. The van der Waals surface area contributed by atoms with Gasteiger partial charge in [0.2, 0.25) is 0 Å². The van der Waals surface area contributed by atoms with Crippen LogP contribution < -0.4 is 10.6 Å². The van der Waals surface area contributed by atoms with Gasteiger partial charge in [-0.15, -0.1) is 11.3 Å². The van der Waals surface area contributed by atoms with E-state index in [1.54, 1.807) is 23.5 Å². The Balaban J connectivity index is 2.05. The molecule has 0 saturated heterocycles. The van der Waals surface area contributed by atoms with Crippen LogP contribution in [0, 0.1) is 5.82 Å². The molecule has 4 heteroatoms. The zero-order valence-corrected chi connectivity index (χ0v) is 10.5. The molecule has 0 atom stereocenters. The minimum Gasteiger partial charge on any atom is -0.369 e. The van der Waals surface area contributed by atoms with Gasteiger partial charge in [-0.1, -0.05) is 0 Å². The summed E-state index contributed by atoms with van der Waals surface area (Å²) < 4.78 is 12.8. The maximum Gasteiger partial charge on any atom is 0.123 e. The summed E-state index contributed by atoms with van der Waals surface area (Å²) in [5, 5.41) is 0. The second-order valence-corrected chi connectivity index (χ2v) is 5.16. The van der Waals surface area contributed by atoms with Crippen molar-refractivity contribution in [1.82, 2.24) is 0 Å². The minimum atomic E-state index is -0.205. The van der Waals surface area contributed by atoms with Gasteiger partial charge in [-0.3, -0.25) is 0 Å². The molecule has 90 valence electrons. The molecule has 0 unspecified atom stereocenters. The van der Waals surface area contributed by atoms with Crippen molar-refractivity contribution in [2.75, 3.05) is 11.9 Å². The van der Waals surface area contributed by atoms with E-state index in [0.717, 1.165) is 12.2 Å². The molecule has 0 aliphatic carbocycles. The predicted octanol–water partition coefficient (Wildman–Crippen LogP) is 2.98. The SMILES string of the molecule is CN(Cc1ccc(CN)s1)c1ccc(F)cc1. The van der Waals surface area contributed by atoms with E-state index >= 15 is 0 Å². The number of benzene rings is 1. The van der Waals surface area contributed by atoms with Crippen molar-refractivity contribution in [1.29, 1.82) is 0 Å². The summed E-state index contributed by atoms with van der Waals surface area (Å²) in [4.78, 5) is 4.54. The lowest BCUT2D eigenvalue weighted by molar-refractivity contribution is 0.627. The van der Waals surface area contributed by atoms with E-state index < -0.39 is 0 Å². The summed E-state index contributed by atoms with van der Waals surface area (Å²) in [6.45, 7) is 1.40. The highest BCUT2D eigenvalue weighted by molar-refractivity contribution is 7.12. The molecule has 1 aromatic heterocycles. The third kappa shape index (κ3) is 3.05. The third-order valence-corrected chi connectivity index (χ3v) is 3.67. The van der Waals surface area contributed by atoms with E-state index in [0.29, 0.717) is 6.54 Å². The lowest BCUT2D eigenvalue weighted by atomic mass is 10.3. The average molecular weight is 250 g/mol. The first-order valence-electron chi connectivity index (χ1n) is 5.43. The molecule has 0 amide bonds. The van der Waals surface area contributed by atoms with Gasteiger partial charge in [-0.05, 0) is 36.4 Å². The molecule has 2 nitrogen and oxygen atoms in total. The number of hydrogen-bond acceptors (Lipinski definition) is 3. The lowest BCUT2D eigenvalue weighted by Gasteiger charge is -2.18. The normalized spacial score (nSPS) is 10.5. The topological polar surface area (TPSA) is 29.3 Å². The molecular formula is C13H15FN2S. The molecule has 17 heavy (non-hydrogen) atoms. The van der Waals surface area contributed by atoms with Crippen molar-refractivity contribution in [2.24, 2.45) is 5.73 Å². The standard InChI is InChI=1S/C13H15FN2S/c1-16(11-4-2-10(14)3-5-11)9-13-7-6-12(8-15)17-13/h2-7H,8-9,15H2,1H3. The van der Waals surface area contributed by atoms with E-state index in [2.05, 4.69) is 17.0 Å². The highest BCUT2D eigenvalue weighted by Gasteiger charge is 2.04. The van der Waals surface area contributed by atoms with Crippen LogP contribution in [0.1, 0.15) is 9.75 Å². The molecule has 0 aliphatic heterocycles.